The molecule has 0 atom stereocenters. The minimum Gasteiger partial charge on any atom is -0.469 e. The number of amides is 1. The predicted octanol–water partition coefficient (Wildman–Crippen LogP) is 0.993. The summed E-state index contributed by atoms with van der Waals surface area (Å²) in [4.78, 5) is 30.8. The smallest absolute Gasteiger partial charge is 0.405 e. The molecule has 7 nitrogen and oxygen atoms in total. The largest absolute Gasteiger partial charge is 0.469 e. The summed E-state index contributed by atoms with van der Waals surface area (Å²) in [7, 11) is 2.55. The molecule has 2 N–H and O–H groups in total. The van der Waals surface area contributed by atoms with Gasteiger partial charge in [-0.3, -0.25) is 9.59 Å². The van der Waals surface area contributed by atoms with E-state index in [0.29, 0.717) is 0 Å². The van der Waals surface area contributed by atoms with Crippen molar-refractivity contribution in [1.29, 1.82) is 0 Å². The Balaban J connectivity index is 0. The van der Waals surface area contributed by atoms with Gasteiger partial charge in [-0.05, 0) is 20.8 Å². The molecule has 0 aromatic carbocycles. The Morgan fingerprint density at radius 2 is 1.28 bits per heavy atom. The van der Waals surface area contributed by atoms with Crippen LogP contribution in [0.1, 0.15) is 33.6 Å². The summed E-state index contributed by atoms with van der Waals surface area (Å²) >= 11 is 0. The van der Waals surface area contributed by atoms with E-state index in [1.165, 1.54) is 14.2 Å². The zero-order valence-electron chi connectivity index (χ0n) is 11.4. The van der Waals surface area contributed by atoms with Gasteiger partial charge < -0.3 is 19.9 Å². The highest BCUT2D eigenvalue weighted by Crippen LogP contribution is 2.04. The van der Waals surface area contributed by atoms with Crippen molar-refractivity contribution in [3.63, 3.8) is 0 Å². The number of methoxy groups -OCH3 is 2. The minimum absolute atomic E-state index is 0.0865. The highest BCUT2D eigenvalue weighted by Gasteiger charge is 2.12. The van der Waals surface area contributed by atoms with E-state index in [9.17, 15) is 14.4 Å². The van der Waals surface area contributed by atoms with Crippen molar-refractivity contribution in [1.82, 2.24) is 0 Å². The van der Waals surface area contributed by atoms with E-state index in [1.807, 2.05) is 0 Å². The van der Waals surface area contributed by atoms with Gasteiger partial charge in [0.15, 0.2) is 0 Å². The van der Waals surface area contributed by atoms with Crippen LogP contribution in [0.4, 0.5) is 4.79 Å². The molecule has 0 aliphatic heterocycles. The first kappa shape index (κ1) is 18.6. The maximum absolute atomic E-state index is 10.4. The number of rotatable bonds is 3. The number of hydrogen-bond donors (Lipinski definition) is 1. The third-order valence-corrected chi connectivity index (χ3v) is 1.40. The van der Waals surface area contributed by atoms with E-state index >= 15 is 0 Å². The van der Waals surface area contributed by atoms with E-state index in [4.69, 9.17) is 5.73 Å². The second-order valence-corrected chi connectivity index (χ2v) is 4.19. The average molecular weight is 263 g/mol. The van der Waals surface area contributed by atoms with Crippen molar-refractivity contribution in [2.75, 3.05) is 14.2 Å². The molecule has 18 heavy (non-hydrogen) atoms. The first-order valence-electron chi connectivity index (χ1n) is 5.24. The van der Waals surface area contributed by atoms with Crippen LogP contribution in [0, 0.1) is 0 Å². The number of esters is 2. The van der Waals surface area contributed by atoms with Gasteiger partial charge in [-0.25, -0.2) is 4.79 Å². The molecular weight excluding hydrogens is 242 g/mol. The molecule has 0 spiro atoms. The Hall–Kier alpha value is -1.79. The topological polar surface area (TPSA) is 105 Å². The summed E-state index contributed by atoms with van der Waals surface area (Å²) in [5.41, 5.74) is 4.26. The van der Waals surface area contributed by atoms with Crippen LogP contribution in [-0.4, -0.2) is 37.9 Å². The number of nitrogens with two attached hydrogens (primary N) is 1. The van der Waals surface area contributed by atoms with Crippen molar-refractivity contribution in [3.05, 3.63) is 0 Å². The Labute approximate surface area is 107 Å². The zero-order chi connectivity index (χ0) is 14.8. The fourth-order valence-electron chi connectivity index (χ4n) is 0.710. The lowest BCUT2D eigenvalue weighted by atomic mass is 10.2. The van der Waals surface area contributed by atoms with Crippen LogP contribution < -0.4 is 5.73 Å². The Morgan fingerprint density at radius 3 is 1.39 bits per heavy atom. The number of primary amides is 1. The summed E-state index contributed by atoms with van der Waals surface area (Å²) in [6.07, 6.45) is -0.552. The van der Waals surface area contributed by atoms with Crippen LogP contribution in [0.2, 0.25) is 0 Å². The first-order chi connectivity index (χ1) is 8.12. The Morgan fingerprint density at radius 1 is 0.944 bits per heavy atom. The van der Waals surface area contributed by atoms with Gasteiger partial charge in [0, 0.05) is 0 Å². The lowest BCUT2D eigenvalue weighted by molar-refractivity contribution is -0.147. The minimum atomic E-state index is -0.725. The lowest BCUT2D eigenvalue weighted by Crippen LogP contribution is -2.27. The summed E-state index contributed by atoms with van der Waals surface area (Å²) in [5, 5.41) is 0. The maximum atomic E-state index is 10.4. The van der Waals surface area contributed by atoms with Crippen LogP contribution in [-0.2, 0) is 23.8 Å². The average Bonchev–Trinajstić information content (AvgIpc) is 2.22. The van der Waals surface area contributed by atoms with Gasteiger partial charge in [-0.1, -0.05) is 0 Å². The van der Waals surface area contributed by atoms with Crippen molar-refractivity contribution in [2.24, 2.45) is 5.73 Å². The SMILES string of the molecule is CC(C)(C)OC(N)=O.COC(=O)CCC(=O)OC. The van der Waals surface area contributed by atoms with Crippen LogP contribution in [0.25, 0.3) is 0 Å². The van der Waals surface area contributed by atoms with Gasteiger partial charge in [0.25, 0.3) is 0 Å². The summed E-state index contributed by atoms with van der Waals surface area (Å²) < 4.78 is 13.2. The molecule has 1 amide bonds. The molecule has 0 radical (unpaired) electrons. The van der Waals surface area contributed by atoms with Gasteiger partial charge in [-0.2, -0.15) is 0 Å². The normalized spacial score (nSPS) is 9.61. The molecule has 0 unspecified atom stereocenters. The molecule has 0 aromatic rings. The third kappa shape index (κ3) is 16.6. The van der Waals surface area contributed by atoms with E-state index in [2.05, 4.69) is 14.2 Å². The zero-order valence-corrected chi connectivity index (χ0v) is 11.4. The third-order valence-electron chi connectivity index (χ3n) is 1.40. The summed E-state index contributed by atoms with van der Waals surface area (Å²) in [6, 6.07) is 0. The lowest BCUT2D eigenvalue weighted by Gasteiger charge is -2.16. The molecule has 0 heterocycles. The highest BCUT2D eigenvalue weighted by atomic mass is 16.6. The second-order valence-electron chi connectivity index (χ2n) is 4.19. The molecular formula is C11H21NO6. The fraction of sp³-hybridized carbons (Fsp3) is 0.727. The molecule has 0 aromatic heterocycles. The van der Waals surface area contributed by atoms with Gasteiger partial charge >= 0.3 is 18.0 Å². The second kappa shape index (κ2) is 9.26. The number of hydrogen-bond acceptors (Lipinski definition) is 6. The van der Waals surface area contributed by atoms with Gasteiger partial charge in [0.2, 0.25) is 0 Å². The molecule has 0 rings (SSSR count). The quantitative estimate of drug-likeness (QED) is 0.601. The van der Waals surface area contributed by atoms with E-state index < -0.39 is 23.6 Å². The van der Waals surface area contributed by atoms with E-state index in [-0.39, 0.29) is 12.8 Å². The van der Waals surface area contributed by atoms with Crippen molar-refractivity contribution in [2.45, 2.75) is 39.2 Å². The van der Waals surface area contributed by atoms with Crippen molar-refractivity contribution >= 4 is 18.0 Å². The molecule has 0 aliphatic carbocycles. The molecule has 7 heteroatoms. The molecule has 0 bridgehead atoms. The van der Waals surface area contributed by atoms with Crippen LogP contribution in [0.3, 0.4) is 0 Å². The molecule has 106 valence electrons. The summed E-state index contributed by atoms with van der Waals surface area (Å²) in [5.74, 6) is -0.796. The maximum Gasteiger partial charge on any atom is 0.405 e. The van der Waals surface area contributed by atoms with E-state index in [1.54, 1.807) is 20.8 Å². The van der Waals surface area contributed by atoms with Crippen LogP contribution in [0.15, 0.2) is 0 Å². The fourth-order valence-corrected chi connectivity index (χ4v) is 0.710. The van der Waals surface area contributed by atoms with Gasteiger partial charge in [0.05, 0.1) is 27.1 Å². The standard InChI is InChI=1S/C6H10O4.C5H11NO2/c1-9-5(7)3-4-6(8)10-2;1-5(2,3)8-4(6)7/h3-4H2,1-2H3;1-3H3,(H2,6,7). The van der Waals surface area contributed by atoms with Crippen molar-refractivity contribution in [3.8, 4) is 0 Å². The van der Waals surface area contributed by atoms with Crippen LogP contribution in [0.5, 0.6) is 0 Å². The summed E-state index contributed by atoms with van der Waals surface area (Å²) in [6.45, 7) is 5.28. The van der Waals surface area contributed by atoms with Crippen molar-refractivity contribution < 1.29 is 28.6 Å². The van der Waals surface area contributed by atoms with Gasteiger partial charge in [-0.15, -0.1) is 0 Å². The first-order valence-corrected chi connectivity index (χ1v) is 5.24. The molecule has 0 aliphatic rings. The molecule has 0 saturated carbocycles. The monoisotopic (exact) mass is 263 g/mol. The van der Waals surface area contributed by atoms with Crippen LogP contribution >= 0.6 is 0 Å². The van der Waals surface area contributed by atoms with Gasteiger partial charge in [0.1, 0.15) is 5.60 Å². The highest BCUT2D eigenvalue weighted by molar-refractivity contribution is 5.77. The molecule has 0 saturated heterocycles. The Bertz CT molecular complexity index is 266. The molecule has 0 fully saturated rings. The number of carbonyl (C=O) groups excluding carboxylic acids is 3. The Kier molecular flexibility index (Phi) is 9.56. The number of carbonyl (C=O) groups is 3. The number of ether oxygens (including phenoxy) is 3. The predicted molar refractivity (Wildman–Crippen MR) is 63.7 cm³/mol. The van der Waals surface area contributed by atoms with E-state index in [0.717, 1.165) is 0 Å².